The lowest BCUT2D eigenvalue weighted by Gasteiger charge is -2.18. The van der Waals surface area contributed by atoms with Crippen LogP contribution in [0.1, 0.15) is 12.0 Å². The number of nitrogens with two attached hydrogens (primary N) is 1. The Morgan fingerprint density at radius 3 is 2.84 bits per heavy atom. The number of esters is 1. The number of allylic oxidation sites excluding steroid dienone is 1. The Balaban J connectivity index is 2.30. The van der Waals surface area contributed by atoms with Gasteiger partial charge in [-0.05, 0) is 17.8 Å². The number of dihydropyridines is 1. The predicted octanol–water partition coefficient (Wildman–Crippen LogP) is 1.92. The van der Waals surface area contributed by atoms with Crippen molar-refractivity contribution < 1.29 is 9.53 Å². The SMILES string of the molecule is C=CC(N)OC(=O)C1=C(c2ccccc2)NC=CC1. The van der Waals surface area contributed by atoms with Crippen LogP contribution in [0.4, 0.5) is 0 Å². The van der Waals surface area contributed by atoms with Gasteiger partial charge in [0.05, 0.1) is 11.3 Å². The van der Waals surface area contributed by atoms with Crippen LogP contribution >= 0.6 is 0 Å². The molecule has 1 unspecified atom stereocenters. The highest BCUT2D eigenvalue weighted by Gasteiger charge is 2.20. The summed E-state index contributed by atoms with van der Waals surface area (Å²) in [6.45, 7) is 3.49. The quantitative estimate of drug-likeness (QED) is 0.491. The zero-order valence-corrected chi connectivity index (χ0v) is 10.5. The summed E-state index contributed by atoms with van der Waals surface area (Å²) < 4.78 is 5.08. The molecule has 1 aromatic rings. The monoisotopic (exact) mass is 256 g/mol. The Morgan fingerprint density at radius 2 is 2.16 bits per heavy atom. The maximum Gasteiger partial charge on any atom is 0.338 e. The van der Waals surface area contributed by atoms with Crippen molar-refractivity contribution in [3.63, 3.8) is 0 Å². The Labute approximate surface area is 112 Å². The van der Waals surface area contributed by atoms with Crippen LogP contribution in [0.3, 0.4) is 0 Å². The highest BCUT2D eigenvalue weighted by molar-refractivity contribution is 5.98. The van der Waals surface area contributed by atoms with Crippen LogP contribution in [0.5, 0.6) is 0 Å². The molecule has 0 bridgehead atoms. The maximum absolute atomic E-state index is 12.1. The molecule has 1 atom stereocenters. The maximum atomic E-state index is 12.1. The second kappa shape index (κ2) is 6.02. The zero-order valence-electron chi connectivity index (χ0n) is 10.5. The van der Waals surface area contributed by atoms with Crippen molar-refractivity contribution in [3.8, 4) is 0 Å². The topological polar surface area (TPSA) is 64.3 Å². The Bertz CT molecular complexity index is 532. The van der Waals surface area contributed by atoms with Crippen LogP contribution in [-0.4, -0.2) is 12.2 Å². The minimum atomic E-state index is -0.789. The first-order valence-corrected chi connectivity index (χ1v) is 6.01. The van der Waals surface area contributed by atoms with E-state index in [1.807, 2.05) is 42.6 Å². The molecule has 0 aliphatic carbocycles. The van der Waals surface area contributed by atoms with Crippen LogP contribution < -0.4 is 11.1 Å². The molecule has 1 aliphatic rings. The number of rotatable bonds is 4. The number of hydrogen-bond donors (Lipinski definition) is 2. The molecule has 19 heavy (non-hydrogen) atoms. The molecule has 1 aromatic carbocycles. The van der Waals surface area contributed by atoms with Crippen molar-refractivity contribution in [1.82, 2.24) is 5.32 Å². The molecule has 0 aromatic heterocycles. The zero-order chi connectivity index (χ0) is 13.7. The molecule has 98 valence electrons. The van der Waals surface area contributed by atoms with E-state index in [9.17, 15) is 4.79 Å². The number of carbonyl (C=O) groups is 1. The van der Waals surface area contributed by atoms with Crippen LogP contribution in [0.25, 0.3) is 5.70 Å². The number of hydrogen-bond acceptors (Lipinski definition) is 4. The largest absolute Gasteiger partial charge is 0.440 e. The molecular formula is C15H16N2O2. The molecule has 1 heterocycles. The molecule has 2 rings (SSSR count). The summed E-state index contributed by atoms with van der Waals surface area (Å²) in [5.41, 5.74) is 7.79. The third kappa shape index (κ3) is 3.11. The number of benzene rings is 1. The van der Waals surface area contributed by atoms with Gasteiger partial charge in [0.25, 0.3) is 0 Å². The molecule has 1 aliphatic heterocycles. The van der Waals surface area contributed by atoms with E-state index in [4.69, 9.17) is 10.5 Å². The van der Waals surface area contributed by atoms with E-state index in [0.29, 0.717) is 12.0 Å². The fourth-order valence-corrected chi connectivity index (χ4v) is 1.80. The van der Waals surface area contributed by atoms with Gasteiger partial charge in [-0.3, -0.25) is 5.73 Å². The second-order valence-electron chi connectivity index (χ2n) is 4.08. The number of nitrogens with one attached hydrogen (secondary N) is 1. The van der Waals surface area contributed by atoms with E-state index >= 15 is 0 Å². The summed E-state index contributed by atoms with van der Waals surface area (Å²) >= 11 is 0. The van der Waals surface area contributed by atoms with Crippen LogP contribution in [-0.2, 0) is 9.53 Å². The standard InChI is InChI=1S/C15H16N2O2/c1-2-13(16)19-15(18)12-9-6-10-17-14(12)11-7-4-3-5-8-11/h2-8,10,13,17H,1,9,16H2. The molecule has 4 heteroatoms. The first kappa shape index (κ1) is 13.1. The van der Waals surface area contributed by atoms with Gasteiger partial charge >= 0.3 is 5.97 Å². The van der Waals surface area contributed by atoms with Gasteiger partial charge in [-0.25, -0.2) is 4.79 Å². The van der Waals surface area contributed by atoms with Gasteiger partial charge in [0, 0.05) is 6.42 Å². The second-order valence-corrected chi connectivity index (χ2v) is 4.08. The van der Waals surface area contributed by atoms with Crippen molar-refractivity contribution in [2.24, 2.45) is 5.73 Å². The van der Waals surface area contributed by atoms with Crippen molar-refractivity contribution in [2.75, 3.05) is 0 Å². The average molecular weight is 256 g/mol. The van der Waals surface area contributed by atoms with E-state index < -0.39 is 12.2 Å². The van der Waals surface area contributed by atoms with Gasteiger partial charge in [-0.2, -0.15) is 0 Å². The Hall–Kier alpha value is -2.33. The van der Waals surface area contributed by atoms with Gasteiger partial charge in [0.1, 0.15) is 0 Å². The van der Waals surface area contributed by atoms with E-state index in [2.05, 4.69) is 11.9 Å². The van der Waals surface area contributed by atoms with Crippen LogP contribution in [0, 0.1) is 0 Å². The summed E-state index contributed by atoms with van der Waals surface area (Å²) in [6, 6.07) is 9.63. The molecule has 3 N–H and O–H groups in total. The van der Waals surface area contributed by atoms with Crippen LogP contribution in [0.15, 0.2) is 60.8 Å². The highest BCUT2D eigenvalue weighted by Crippen LogP contribution is 2.23. The van der Waals surface area contributed by atoms with Crippen LogP contribution in [0.2, 0.25) is 0 Å². The summed E-state index contributed by atoms with van der Waals surface area (Å²) in [6.07, 6.45) is 4.78. The lowest BCUT2D eigenvalue weighted by molar-refractivity contribution is -0.141. The molecular weight excluding hydrogens is 240 g/mol. The first-order chi connectivity index (χ1) is 9.22. The van der Waals surface area contributed by atoms with E-state index in [1.54, 1.807) is 0 Å². The normalized spacial score (nSPS) is 15.6. The summed E-state index contributed by atoms with van der Waals surface area (Å²) in [7, 11) is 0. The first-order valence-electron chi connectivity index (χ1n) is 6.01. The van der Waals surface area contributed by atoms with E-state index in [-0.39, 0.29) is 0 Å². The van der Waals surface area contributed by atoms with E-state index in [0.717, 1.165) is 11.3 Å². The van der Waals surface area contributed by atoms with Crippen molar-refractivity contribution >= 4 is 11.7 Å². The molecule has 4 nitrogen and oxygen atoms in total. The fraction of sp³-hybridized carbons (Fsp3) is 0.133. The van der Waals surface area contributed by atoms with Gasteiger partial charge in [-0.1, -0.05) is 43.0 Å². The lowest BCUT2D eigenvalue weighted by Crippen LogP contribution is -2.27. The van der Waals surface area contributed by atoms with E-state index in [1.165, 1.54) is 6.08 Å². The Morgan fingerprint density at radius 1 is 1.42 bits per heavy atom. The van der Waals surface area contributed by atoms with Gasteiger partial charge in [0.15, 0.2) is 6.23 Å². The fourth-order valence-electron chi connectivity index (χ4n) is 1.80. The van der Waals surface area contributed by atoms with Gasteiger partial charge < -0.3 is 10.1 Å². The summed E-state index contributed by atoms with van der Waals surface area (Å²) in [5, 5.41) is 3.09. The average Bonchev–Trinajstić information content (AvgIpc) is 2.48. The third-order valence-electron chi connectivity index (χ3n) is 2.75. The van der Waals surface area contributed by atoms with Gasteiger partial charge in [0.2, 0.25) is 0 Å². The van der Waals surface area contributed by atoms with Crippen molar-refractivity contribution in [1.29, 1.82) is 0 Å². The summed E-state index contributed by atoms with van der Waals surface area (Å²) in [4.78, 5) is 12.1. The molecule has 0 saturated heterocycles. The number of carbonyl (C=O) groups excluding carboxylic acids is 1. The minimum absolute atomic E-state index is 0.428. The molecule has 0 saturated carbocycles. The molecule has 0 fully saturated rings. The van der Waals surface area contributed by atoms with Gasteiger partial charge in [-0.15, -0.1) is 0 Å². The van der Waals surface area contributed by atoms with Crippen molar-refractivity contribution in [2.45, 2.75) is 12.6 Å². The summed E-state index contributed by atoms with van der Waals surface area (Å²) in [5.74, 6) is -0.428. The number of ether oxygens (including phenoxy) is 1. The minimum Gasteiger partial charge on any atom is -0.440 e. The Kier molecular flexibility index (Phi) is 4.15. The highest BCUT2D eigenvalue weighted by atomic mass is 16.6. The lowest BCUT2D eigenvalue weighted by atomic mass is 10.0. The molecule has 0 spiro atoms. The smallest absolute Gasteiger partial charge is 0.338 e. The molecule has 0 amide bonds. The third-order valence-corrected chi connectivity index (χ3v) is 2.75. The predicted molar refractivity (Wildman–Crippen MR) is 74.5 cm³/mol. The van der Waals surface area contributed by atoms with Crippen molar-refractivity contribution in [3.05, 3.63) is 66.4 Å². The molecule has 0 radical (unpaired) electrons.